The second-order valence-corrected chi connectivity index (χ2v) is 6.32. The Morgan fingerprint density at radius 2 is 2.11 bits per heavy atom. The van der Waals surface area contributed by atoms with Crippen LogP contribution in [0.1, 0.15) is 26.3 Å². The smallest absolute Gasteiger partial charge is 0.174 e. The lowest BCUT2D eigenvalue weighted by Gasteiger charge is -2.20. The SMILES string of the molecule is CC(C)(C)NCc1cnoc1-c1cc(Br)ccc1F. The number of hydrogen-bond donors (Lipinski definition) is 1. The van der Waals surface area contributed by atoms with Crippen LogP contribution in [0.3, 0.4) is 0 Å². The molecule has 5 heteroatoms. The Bertz CT molecular complexity index is 575. The third-order valence-corrected chi connectivity index (χ3v) is 3.12. The molecule has 102 valence electrons. The molecule has 2 aromatic rings. The molecule has 0 saturated heterocycles. The maximum atomic E-state index is 13.9. The van der Waals surface area contributed by atoms with Gasteiger partial charge in [-0.25, -0.2) is 4.39 Å². The summed E-state index contributed by atoms with van der Waals surface area (Å²) in [6.45, 7) is 6.79. The molecule has 1 heterocycles. The van der Waals surface area contributed by atoms with Crippen molar-refractivity contribution in [3.05, 3.63) is 40.2 Å². The van der Waals surface area contributed by atoms with Crippen molar-refractivity contribution in [3.8, 4) is 11.3 Å². The highest BCUT2D eigenvalue weighted by Crippen LogP contribution is 2.29. The molecule has 0 aliphatic heterocycles. The molecule has 2 rings (SSSR count). The third kappa shape index (κ3) is 3.64. The summed E-state index contributed by atoms with van der Waals surface area (Å²) in [6.07, 6.45) is 1.62. The van der Waals surface area contributed by atoms with Crippen LogP contribution in [-0.4, -0.2) is 10.7 Å². The molecule has 1 aromatic carbocycles. The highest BCUT2D eigenvalue weighted by molar-refractivity contribution is 9.10. The quantitative estimate of drug-likeness (QED) is 0.921. The van der Waals surface area contributed by atoms with Gasteiger partial charge in [-0.15, -0.1) is 0 Å². The predicted molar refractivity (Wildman–Crippen MR) is 76.2 cm³/mol. The van der Waals surface area contributed by atoms with E-state index in [0.717, 1.165) is 10.0 Å². The molecule has 0 atom stereocenters. The van der Waals surface area contributed by atoms with Gasteiger partial charge in [0, 0.05) is 22.1 Å². The normalized spacial score (nSPS) is 11.8. The standard InChI is InChI=1S/C14H16BrFN2O/c1-14(2,3)17-7-9-8-18-19-13(9)11-6-10(15)4-5-12(11)16/h4-6,8,17H,7H2,1-3H3. The van der Waals surface area contributed by atoms with Crippen LogP contribution in [0.2, 0.25) is 0 Å². The lowest BCUT2D eigenvalue weighted by Crippen LogP contribution is -2.35. The Morgan fingerprint density at radius 3 is 2.79 bits per heavy atom. The summed E-state index contributed by atoms with van der Waals surface area (Å²) in [6, 6.07) is 4.75. The maximum Gasteiger partial charge on any atom is 0.174 e. The maximum absolute atomic E-state index is 13.9. The van der Waals surface area contributed by atoms with Gasteiger partial charge in [0.1, 0.15) is 5.82 Å². The molecular formula is C14H16BrFN2O. The molecule has 0 amide bonds. The van der Waals surface area contributed by atoms with E-state index in [2.05, 4.69) is 47.2 Å². The first kappa shape index (κ1) is 14.2. The fourth-order valence-corrected chi connectivity index (χ4v) is 2.00. The predicted octanol–water partition coefficient (Wildman–Crippen LogP) is 4.13. The molecule has 0 bridgehead atoms. The molecule has 0 aliphatic rings. The topological polar surface area (TPSA) is 38.1 Å². The number of halogens is 2. The lowest BCUT2D eigenvalue weighted by atomic mass is 10.1. The van der Waals surface area contributed by atoms with Gasteiger partial charge in [-0.1, -0.05) is 21.1 Å². The zero-order valence-electron chi connectivity index (χ0n) is 11.1. The van der Waals surface area contributed by atoms with Gasteiger partial charge < -0.3 is 9.84 Å². The molecule has 0 radical (unpaired) electrons. The number of nitrogens with zero attached hydrogens (tertiary/aromatic N) is 1. The van der Waals surface area contributed by atoms with Crippen LogP contribution in [0.15, 0.2) is 33.4 Å². The fraction of sp³-hybridized carbons (Fsp3) is 0.357. The van der Waals surface area contributed by atoms with Gasteiger partial charge in [0.25, 0.3) is 0 Å². The summed E-state index contributed by atoms with van der Waals surface area (Å²) < 4.78 is 19.9. The molecule has 0 saturated carbocycles. The van der Waals surface area contributed by atoms with Crippen LogP contribution < -0.4 is 5.32 Å². The minimum Gasteiger partial charge on any atom is -0.356 e. The minimum absolute atomic E-state index is 0.0235. The Morgan fingerprint density at radius 1 is 1.37 bits per heavy atom. The van der Waals surface area contributed by atoms with Crippen molar-refractivity contribution in [2.24, 2.45) is 0 Å². The summed E-state index contributed by atoms with van der Waals surface area (Å²) in [7, 11) is 0. The van der Waals surface area contributed by atoms with Crippen LogP contribution >= 0.6 is 15.9 Å². The summed E-state index contributed by atoms with van der Waals surface area (Å²) >= 11 is 3.33. The molecule has 0 fully saturated rings. The molecule has 1 N–H and O–H groups in total. The Hall–Kier alpha value is -1.20. The Kier molecular flexibility index (Phi) is 4.06. The van der Waals surface area contributed by atoms with E-state index in [4.69, 9.17) is 4.52 Å². The Balaban J connectivity index is 2.31. The van der Waals surface area contributed by atoms with Crippen LogP contribution in [0.5, 0.6) is 0 Å². The second kappa shape index (κ2) is 5.43. The van der Waals surface area contributed by atoms with Gasteiger partial charge in [0.05, 0.1) is 11.8 Å². The van der Waals surface area contributed by atoms with E-state index in [1.165, 1.54) is 6.07 Å². The van der Waals surface area contributed by atoms with Gasteiger partial charge in [-0.3, -0.25) is 0 Å². The number of nitrogens with one attached hydrogen (secondary N) is 1. The minimum atomic E-state index is -0.322. The number of benzene rings is 1. The van der Waals surface area contributed by atoms with Gasteiger partial charge in [-0.05, 0) is 39.0 Å². The van der Waals surface area contributed by atoms with E-state index in [1.54, 1.807) is 18.3 Å². The summed E-state index contributed by atoms with van der Waals surface area (Å²) in [4.78, 5) is 0. The summed E-state index contributed by atoms with van der Waals surface area (Å²) in [5.74, 6) is 0.146. The second-order valence-electron chi connectivity index (χ2n) is 5.41. The highest BCUT2D eigenvalue weighted by atomic mass is 79.9. The highest BCUT2D eigenvalue weighted by Gasteiger charge is 2.17. The lowest BCUT2D eigenvalue weighted by molar-refractivity contribution is 0.417. The molecule has 1 aromatic heterocycles. The van der Waals surface area contributed by atoms with Crippen LogP contribution in [0, 0.1) is 5.82 Å². The largest absolute Gasteiger partial charge is 0.356 e. The molecule has 0 unspecified atom stereocenters. The van der Waals surface area contributed by atoms with E-state index in [-0.39, 0.29) is 11.4 Å². The van der Waals surface area contributed by atoms with Crippen molar-refractivity contribution >= 4 is 15.9 Å². The first-order valence-corrected chi connectivity index (χ1v) is 6.80. The molecule has 19 heavy (non-hydrogen) atoms. The van der Waals surface area contributed by atoms with Crippen molar-refractivity contribution in [1.29, 1.82) is 0 Å². The van der Waals surface area contributed by atoms with E-state index in [0.29, 0.717) is 17.9 Å². The first-order chi connectivity index (χ1) is 8.87. The van der Waals surface area contributed by atoms with Crippen molar-refractivity contribution in [2.45, 2.75) is 32.9 Å². The third-order valence-electron chi connectivity index (χ3n) is 2.63. The van der Waals surface area contributed by atoms with Gasteiger partial charge in [0.2, 0.25) is 0 Å². The van der Waals surface area contributed by atoms with E-state index >= 15 is 0 Å². The van der Waals surface area contributed by atoms with Crippen LogP contribution in [0.4, 0.5) is 4.39 Å². The van der Waals surface area contributed by atoms with Crippen molar-refractivity contribution in [2.75, 3.05) is 0 Å². The van der Waals surface area contributed by atoms with Gasteiger partial charge >= 0.3 is 0 Å². The first-order valence-electron chi connectivity index (χ1n) is 6.01. The summed E-state index contributed by atoms with van der Waals surface area (Å²) in [5.41, 5.74) is 1.23. The zero-order chi connectivity index (χ0) is 14.0. The number of aromatic nitrogens is 1. The fourth-order valence-electron chi connectivity index (χ4n) is 1.64. The number of hydrogen-bond acceptors (Lipinski definition) is 3. The van der Waals surface area contributed by atoms with Crippen LogP contribution in [-0.2, 0) is 6.54 Å². The molecule has 0 aliphatic carbocycles. The average Bonchev–Trinajstić information content (AvgIpc) is 2.77. The van der Waals surface area contributed by atoms with E-state index in [1.807, 2.05) is 0 Å². The van der Waals surface area contributed by atoms with Gasteiger partial charge in [0.15, 0.2) is 5.76 Å². The molecule has 0 spiro atoms. The van der Waals surface area contributed by atoms with Crippen molar-refractivity contribution in [3.63, 3.8) is 0 Å². The van der Waals surface area contributed by atoms with Crippen molar-refractivity contribution < 1.29 is 8.91 Å². The average molecular weight is 327 g/mol. The van der Waals surface area contributed by atoms with E-state index in [9.17, 15) is 4.39 Å². The van der Waals surface area contributed by atoms with Gasteiger partial charge in [-0.2, -0.15) is 0 Å². The van der Waals surface area contributed by atoms with Crippen LogP contribution in [0.25, 0.3) is 11.3 Å². The zero-order valence-corrected chi connectivity index (χ0v) is 12.7. The number of rotatable bonds is 3. The monoisotopic (exact) mass is 326 g/mol. The molecule has 3 nitrogen and oxygen atoms in total. The molecular weight excluding hydrogens is 311 g/mol. The Labute approximate surface area is 120 Å². The summed E-state index contributed by atoms with van der Waals surface area (Å²) in [5, 5.41) is 7.11. The van der Waals surface area contributed by atoms with E-state index < -0.39 is 0 Å². The van der Waals surface area contributed by atoms with Crippen molar-refractivity contribution in [1.82, 2.24) is 10.5 Å².